The van der Waals surface area contributed by atoms with Crippen LogP contribution in [0.3, 0.4) is 0 Å². The first-order chi connectivity index (χ1) is 14.6. The molecule has 1 aromatic rings. The molecular weight excluding hydrogens is 396 g/mol. The van der Waals surface area contributed by atoms with Gasteiger partial charge in [0.1, 0.15) is 11.6 Å². The molecule has 4 N–H and O–H groups in total. The minimum atomic E-state index is -0.601. The Balaban J connectivity index is 2.71. The Bertz CT molecular complexity index is 703. The van der Waals surface area contributed by atoms with Gasteiger partial charge in [-0.05, 0) is 53.0 Å². The third-order valence-corrected chi connectivity index (χ3v) is 4.50. The molecule has 8 nitrogen and oxygen atoms in total. The molecular formula is C23H38N4O4. The van der Waals surface area contributed by atoms with Gasteiger partial charge in [-0.3, -0.25) is 9.59 Å². The molecule has 0 aliphatic heterocycles. The quantitative estimate of drug-likeness (QED) is 0.427. The molecule has 31 heavy (non-hydrogen) atoms. The highest BCUT2D eigenvalue weighted by Gasteiger charge is 2.24. The fraction of sp³-hybridized carbons (Fsp3) is 0.609. The predicted octanol–water partition coefficient (Wildman–Crippen LogP) is 2.13. The van der Waals surface area contributed by atoms with Crippen molar-refractivity contribution in [3.8, 4) is 0 Å². The monoisotopic (exact) mass is 434 g/mol. The van der Waals surface area contributed by atoms with E-state index in [1.165, 1.54) is 0 Å². The van der Waals surface area contributed by atoms with Crippen LogP contribution < -0.4 is 21.3 Å². The molecule has 0 unspecified atom stereocenters. The summed E-state index contributed by atoms with van der Waals surface area (Å²) in [6, 6.07) is 8.39. The molecule has 1 aromatic carbocycles. The first-order valence-corrected chi connectivity index (χ1v) is 10.9. The molecule has 0 aliphatic rings. The molecule has 0 bridgehead atoms. The zero-order valence-electron chi connectivity index (χ0n) is 19.6. The van der Waals surface area contributed by atoms with Crippen molar-refractivity contribution in [2.75, 3.05) is 13.1 Å². The second-order valence-corrected chi connectivity index (χ2v) is 8.53. The molecule has 174 valence electrons. The second-order valence-electron chi connectivity index (χ2n) is 8.53. The van der Waals surface area contributed by atoms with Crippen molar-refractivity contribution in [3.63, 3.8) is 0 Å². The van der Waals surface area contributed by atoms with E-state index >= 15 is 0 Å². The van der Waals surface area contributed by atoms with Crippen LogP contribution in [-0.2, 0) is 20.7 Å². The van der Waals surface area contributed by atoms with E-state index in [4.69, 9.17) is 4.74 Å². The normalized spacial score (nSPS) is 14.1. The van der Waals surface area contributed by atoms with E-state index in [0.29, 0.717) is 25.9 Å². The summed E-state index contributed by atoms with van der Waals surface area (Å²) in [6.07, 6.45) is 0.577. The lowest BCUT2D eigenvalue weighted by Gasteiger charge is -2.25. The number of benzene rings is 1. The summed E-state index contributed by atoms with van der Waals surface area (Å²) in [7, 11) is 0. The van der Waals surface area contributed by atoms with E-state index in [1.807, 2.05) is 65.0 Å². The highest BCUT2D eigenvalue weighted by molar-refractivity contribution is 5.89. The lowest BCUT2D eigenvalue weighted by molar-refractivity contribution is -0.129. The number of rotatable bonds is 11. The Morgan fingerprint density at radius 3 is 2.19 bits per heavy atom. The van der Waals surface area contributed by atoms with Crippen LogP contribution in [0.1, 0.15) is 53.5 Å². The smallest absolute Gasteiger partial charge is 0.407 e. The van der Waals surface area contributed by atoms with Gasteiger partial charge in [0.25, 0.3) is 0 Å². The first kappa shape index (κ1) is 26.4. The number of nitrogens with one attached hydrogen (secondary N) is 4. The molecule has 3 amide bonds. The second kappa shape index (κ2) is 12.9. The highest BCUT2D eigenvalue weighted by atomic mass is 16.6. The average Bonchev–Trinajstić information content (AvgIpc) is 2.69. The Hall–Kier alpha value is -2.61. The van der Waals surface area contributed by atoms with Gasteiger partial charge >= 0.3 is 6.09 Å². The van der Waals surface area contributed by atoms with E-state index in [0.717, 1.165) is 5.56 Å². The summed E-state index contributed by atoms with van der Waals surface area (Å²) < 4.78 is 5.38. The Morgan fingerprint density at radius 1 is 1.00 bits per heavy atom. The Morgan fingerprint density at radius 2 is 1.65 bits per heavy atom. The fourth-order valence-electron chi connectivity index (χ4n) is 2.91. The molecule has 1 rings (SSSR count). The third kappa shape index (κ3) is 10.8. The van der Waals surface area contributed by atoms with Gasteiger partial charge in [-0.25, -0.2) is 4.79 Å². The van der Waals surface area contributed by atoms with Crippen LogP contribution in [0, 0.1) is 0 Å². The summed E-state index contributed by atoms with van der Waals surface area (Å²) in [5.41, 5.74) is 0.459. The van der Waals surface area contributed by atoms with E-state index in [9.17, 15) is 14.4 Å². The first-order valence-electron chi connectivity index (χ1n) is 10.9. The number of amides is 3. The molecule has 0 aromatic heterocycles. The molecule has 0 radical (unpaired) electrons. The lowest BCUT2D eigenvalue weighted by atomic mass is 10.1. The van der Waals surface area contributed by atoms with Gasteiger partial charge in [-0.2, -0.15) is 0 Å². The number of hydrogen-bond donors (Lipinski definition) is 4. The number of ether oxygens (including phenoxy) is 1. The lowest BCUT2D eigenvalue weighted by Crippen LogP contribution is -2.54. The van der Waals surface area contributed by atoms with Crippen molar-refractivity contribution in [3.05, 3.63) is 35.9 Å². The standard InChI is InChI=1S/C23H38N4O4/c1-7-19(21(29)24-8-2)27-20(28)16(3)25-15-18(14-17-12-10-9-11-13-17)26-22(30)31-23(4,5)6/h9-13,16,18-19,25H,7-8,14-15H2,1-6H3,(H,24,29)(H,26,30)(H,27,28)/t16-,18-,19-/m0/s1. The van der Waals surface area contributed by atoms with E-state index in [1.54, 1.807) is 6.92 Å². The minimum absolute atomic E-state index is 0.195. The van der Waals surface area contributed by atoms with Crippen molar-refractivity contribution in [2.24, 2.45) is 0 Å². The summed E-state index contributed by atoms with van der Waals surface area (Å²) in [4.78, 5) is 36.8. The van der Waals surface area contributed by atoms with Gasteiger partial charge < -0.3 is 26.0 Å². The van der Waals surface area contributed by atoms with Crippen LogP contribution in [0.4, 0.5) is 4.79 Å². The van der Waals surface area contributed by atoms with Gasteiger partial charge in [-0.15, -0.1) is 0 Å². The number of carbonyl (C=O) groups is 3. The number of alkyl carbamates (subject to hydrolysis) is 1. The SMILES string of the molecule is CCNC(=O)[C@H](CC)NC(=O)[C@H](C)NC[C@H](Cc1ccccc1)NC(=O)OC(C)(C)C. The van der Waals surface area contributed by atoms with Crippen molar-refractivity contribution < 1.29 is 19.1 Å². The summed E-state index contributed by atoms with van der Waals surface area (Å²) >= 11 is 0. The molecule has 0 spiro atoms. The van der Waals surface area contributed by atoms with Crippen molar-refractivity contribution in [1.29, 1.82) is 0 Å². The number of carbonyl (C=O) groups excluding carboxylic acids is 3. The maximum absolute atomic E-state index is 12.5. The van der Waals surface area contributed by atoms with E-state index in [2.05, 4.69) is 21.3 Å². The highest BCUT2D eigenvalue weighted by Crippen LogP contribution is 2.08. The van der Waals surface area contributed by atoms with Crippen LogP contribution in [-0.4, -0.2) is 54.7 Å². The minimum Gasteiger partial charge on any atom is -0.444 e. The maximum atomic E-state index is 12.5. The van der Waals surface area contributed by atoms with Crippen LogP contribution in [0.25, 0.3) is 0 Å². The van der Waals surface area contributed by atoms with Crippen molar-refractivity contribution >= 4 is 17.9 Å². The molecule has 0 saturated heterocycles. The zero-order valence-corrected chi connectivity index (χ0v) is 19.6. The fourth-order valence-corrected chi connectivity index (χ4v) is 2.91. The van der Waals surface area contributed by atoms with Crippen LogP contribution in [0.15, 0.2) is 30.3 Å². The van der Waals surface area contributed by atoms with E-state index < -0.39 is 23.8 Å². The topological polar surface area (TPSA) is 109 Å². The molecule has 8 heteroatoms. The average molecular weight is 435 g/mol. The predicted molar refractivity (Wildman–Crippen MR) is 122 cm³/mol. The van der Waals surface area contributed by atoms with Crippen LogP contribution >= 0.6 is 0 Å². The largest absolute Gasteiger partial charge is 0.444 e. The number of likely N-dealkylation sites (N-methyl/N-ethyl adjacent to an activating group) is 1. The van der Waals surface area contributed by atoms with E-state index in [-0.39, 0.29) is 17.9 Å². The molecule has 0 fully saturated rings. The maximum Gasteiger partial charge on any atom is 0.407 e. The van der Waals surface area contributed by atoms with Gasteiger partial charge in [0.15, 0.2) is 0 Å². The zero-order chi connectivity index (χ0) is 23.4. The van der Waals surface area contributed by atoms with Crippen LogP contribution in [0.5, 0.6) is 0 Å². The Labute approximate surface area is 185 Å². The molecule has 0 heterocycles. The molecule has 0 aliphatic carbocycles. The number of hydrogen-bond acceptors (Lipinski definition) is 5. The Kier molecular flexibility index (Phi) is 11.0. The van der Waals surface area contributed by atoms with Gasteiger partial charge in [0.05, 0.1) is 6.04 Å². The summed E-state index contributed by atoms with van der Waals surface area (Å²) in [5.74, 6) is -0.465. The molecule has 3 atom stereocenters. The van der Waals surface area contributed by atoms with Crippen molar-refractivity contribution in [1.82, 2.24) is 21.3 Å². The van der Waals surface area contributed by atoms with Gasteiger partial charge in [0, 0.05) is 19.1 Å². The third-order valence-electron chi connectivity index (χ3n) is 4.50. The van der Waals surface area contributed by atoms with Crippen molar-refractivity contribution in [2.45, 2.75) is 78.1 Å². The van der Waals surface area contributed by atoms with Gasteiger partial charge in [-0.1, -0.05) is 37.3 Å². The summed E-state index contributed by atoms with van der Waals surface area (Å²) in [6.45, 7) is 11.7. The summed E-state index contributed by atoms with van der Waals surface area (Å²) in [5, 5.41) is 11.5. The molecule has 0 saturated carbocycles. The van der Waals surface area contributed by atoms with Crippen LogP contribution in [0.2, 0.25) is 0 Å². The van der Waals surface area contributed by atoms with Gasteiger partial charge in [0.2, 0.25) is 11.8 Å².